The molecular formula is C8H22NOPS. The summed E-state index contributed by atoms with van der Waals surface area (Å²) in [6.45, 7) is 9.31. The zero-order chi connectivity index (χ0) is 10.0. The van der Waals surface area contributed by atoms with Gasteiger partial charge >= 0.3 is 0 Å². The molecule has 0 amide bonds. The molecule has 0 radical (unpaired) electrons. The molecule has 0 heterocycles. The van der Waals surface area contributed by atoms with Crippen molar-refractivity contribution in [3.8, 4) is 0 Å². The van der Waals surface area contributed by atoms with E-state index < -0.39 is 0 Å². The van der Waals surface area contributed by atoms with Gasteiger partial charge in [-0.25, -0.2) is 0 Å². The summed E-state index contributed by atoms with van der Waals surface area (Å²) in [4.78, 5) is 0. The lowest BCUT2D eigenvalue weighted by molar-refractivity contribution is 0.427. The Balaban J connectivity index is 0. The summed E-state index contributed by atoms with van der Waals surface area (Å²) >= 11 is 0.912. The fraction of sp³-hybridized carbons (Fsp3) is 1.00. The fourth-order valence-electron chi connectivity index (χ4n) is 0.600. The van der Waals surface area contributed by atoms with Crippen molar-refractivity contribution in [2.45, 2.75) is 32.7 Å². The molecule has 2 nitrogen and oxygen atoms in total. The first-order chi connectivity index (χ1) is 5.56. The molecule has 0 aromatic rings. The number of nitrogens with one attached hydrogen (secondary N) is 1. The molecule has 76 valence electrons. The third-order valence-corrected chi connectivity index (χ3v) is 1.54. The third-order valence-electron chi connectivity index (χ3n) is 1.07. The van der Waals surface area contributed by atoms with E-state index in [0.717, 1.165) is 30.8 Å². The van der Waals surface area contributed by atoms with Crippen molar-refractivity contribution in [2.24, 2.45) is 0 Å². The van der Waals surface area contributed by atoms with Gasteiger partial charge in [0.2, 0.25) is 0 Å². The quantitative estimate of drug-likeness (QED) is 0.425. The molecule has 0 aliphatic heterocycles. The fourth-order valence-corrected chi connectivity index (χ4v) is 0.874. The molecule has 0 spiro atoms. The van der Waals surface area contributed by atoms with Gasteiger partial charge in [0.05, 0.1) is 0 Å². The van der Waals surface area contributed by atoms with Crippen LogP contribution >= 0.6 is 21.3 Å². The lowest BCUT2D eigenvalue weighted by atomic mass is 10.1. The monoisotopic (exact) mass is 211 g/mol. The number of rotatable bonds is 4. The van der Waals surface area contributed by atoms with Crippen LogP contribution in [0, 0.1) is 0 Å². The van der Waals surface area contributed by atoms with Crippen molar-refractivity contribution < 1.29 is 4.55 Å². The van der Waals surface area contributed by atoms with E-state index in [2.05, 4.69) is 35.3 Å². The van der Waals surface area contributed by atoms with Gasteiger partial charge in [0.25, 0.3) is 0 Å². The van der Waals surface area contributed by atoms with E-state index in [4.69, 9.17) is 4.55 Å². The zero-order valence-electron chi connectivity index (χ0n) is 8.55. The van der Waals surface area contributed by atoms with Crippen molar-refractivity contribution in [3.05, 3.63) is 0 Å². The summed E-state index contributed by atoms with van der Waals surface area (Å²) in [5, 5.41) is 3.33. The van der Waals surface area contributed by atoms with Gasteiger partial charge in [0, 0.05) is 11.3 Å². The number of hydrogen-bond donors (Lipinski definition) is 2. The molecule has 0 aromatic heterocycles. The average Bonchev–Trinajstić information content (AvgIpc) is 2.01. The van der Waals surface area contributed by atoms with Gasteiger partial charge in [-0.1, -0.05) is 6.66 Å². The molecule has 0 aromatic carbocycles. The van der Waals surface area contributed by atoms with Crippen LogP contribution in [0.3, 0.4) is 0 Å². The minimum atomic E-state index is 0.208. The average molecular weight is 211 g/mol. The molecule has 1 unspecified atom stereocenters. The second-order valence-corrected chi connectivity index (χ2v) is 4.03. The van der Waals surface area contributed by atoms with Gasteiger partial charge in [0.1, 0.15) is 0 Å². The predicted octanol–water partition coefficient (Wildman–Crippen LogP) is 2.46. The molecule has 0 rings (SSSR count). The second-order valence-electron chi connectivity index (χ2n) is 3.36. The van der Waals surface area contributed by atoms with Crippen molar-refractivity contribution in [3.63, 3.8) is 0 Å². The van der Waals surface area contributed by atoms with Crippen LogP contribution in [-0.2, 0) is 0 Å². The van der Waals surface area contributed by atoms with Gasteiger partial charge < -0.3 is 9.87 Å². The van der Waals surface area contributed by atoms with E-state index in [-0.39, 0.29) is 5.54 Å². The molecule has 4 heteroatoms. The van der Waals surface area contributed by atoms with Gasteiger partial charge in [-0.3, -0.25) is 0 Å². The first kappa shape index (κ1) is 15.2. The molecule has 0 fully saturated rings. The van der Waals surface area contributed by atoms with Crippen LogP contribution in [0.1, 0.15) is 27.2 Å². The van der Waals surface area contributed by atoms with Crippen molar-refractivity contribution in [1.29, 1.82) is 0 Å². The van der Waals surface area contributed by atoms with Crippen LogP contribution in [-0.4, -0.2) is 29.1 Å². The molecule has 0 saturated carbocycles. The van der Waals surface area contributed by atoms with Gasteiger partial charge in [-0.15, -0.1) is 9.24 Å². The van der Waals surface area contributed by atoms with E-state index in [1.807, 2.05) is 6.66 Å². The minimum Gasteiger partial charge on any atom is -0.330 e. The number of hydrogen-bond acceptors (Lipinski definition) is 3. The van der Waals surface area contributed by atoms with Crippen LogP contribution in [0.15, 0.2) is 0 Å². The Morgan fingerprint density at radius 1 is 1.33 bits per heavy atom. The maximum atomic E-state index is 8.38. The Kier molecular flexibility index (Phi) is 12.4. The Morgan fingerprint density at radius 3 is 2.17 bits per heavy atom. The summed E-state index contributed by atoms with van der Waals surface area (Å²) in [5.41, 5.74) is 0.208. The summed E-state index contributed by atoms with van der Waals surface area (Å²) in [5.74, 6) is 0.822. The molecule has 0 saturated heterocycles. The normalized spacial score (nSPS) is 10.5. The Bertz CT molecular complexity index is 85.6. The second kappa shape index (κ2) is 9.79. The maximum absolute atomic E-state index is 8.38. The van der Waals surface area contributed by atoms with Crippen molar-refractivity contribution in [1.82, 2.24) is 5.32 Å². The Morgan fingerprint density at radius 2 is 1.83 bits per heavy atom. The van der Waals surface area contributed by atoms with Crippen molar-refractivity contribution in [2.75, 3.05) is 19.0 Å². The molecule has 12 heavy (non-hydrogen) atoms. The van der Waals surface area contributed by atoms with Crippen LogP contribution in [0.2, 0.25) is 0 Å². The smallest absolute Gasteiger partial charge is 0.0207 e. The summed E-state index contributed by atoms with van der Waals surface area (Å²) in [7, 11) is 2.42. The molecule has 1 atom stereocenters. The van der Waals surface area contributed by atoms with Gasteiger partial charge in [0.15, 0.2) is 0 Å². The molecule has 0 bridgehead atoms. The van der Waals surface area contributed by atoms with Gasteiger partial charge in [-0.2, -0.15) is 0 Å². The van der Waals surface area contributed by atoms with Crippen LogP contribution in [0.5, 0.6) is 0 Å². The lowest BCUT2D eigenvalue weighted by Crippen LogP contribution is -2.36. The first-order valence-corrected chi connectivity index (χ1v) is 6.25. The zero-order valence-corrected chi connectivity index (χ0v) is 10.5. The predicted molar refractivity (Wildman–Crippen MR) is 63.1 cm³/mol. The summed E-state index contributed by atoms with van der Waals surface area (Å²) < 4.78 is 8.38. The van der Waals surface area contributed by atoms with Crippen molar-refractivity contribution >= 4 is 21.3 Å². The highest BCUT2D eigenvalue weighted by molar-refractivity contribution is 7.93. The maximum Gasteiger partial charge on any atom is 0.0207 e. The van der Waals surface area contributed by atoms with E-state index in [1.165, 1.54) is 0 Å². The Hall–Kier alpha value is 0.700. The lowest BCUT2D eigenvalue weighted by Gasteiger charge is -2.19. The molecule has 2 N–H and O–H groups in total. The summed E-state index contributed by atoms with van der Waals surface area (Å²) in [6, 6.07) is 0. The van der Waals surface area contributed by atoms with E-state index in [9.17, 15) is 0 Å². The van der Waals surface area contributed by atoms with Gasteiger partial charge in [-0.05, 0) is 45.8 Å². The highest BCUT2D eigenvalue weighted by Gasteiger charge is 2.06. The SMILES string of the molecule is CC(C)(C)NCCCSO.CP. The first-order valence-electron chi connectivity index (χ1n) is 4.15. The van der Waals surface area contributed by atoms with Crippen LogP contribution in [0.4, 0.5) is 0 Å². The Labute approximate surface area is 83.3 Å². The molecule has 0 aliphatic carbocycles. The van der Waals surface area contributed by atoms with Crippen LogP contribution in [0.25, 0.3) is 0 Å². The standard InChI is InChI=1S/C7H17NOS.CH5P/c1-7(2,3)8-5-4-6-10-9;1-2/h8-9H,4-6H2,1-3H3;2H2,1H3. The topological polar surface area (TPSA) is 32.3 Å². The molecule has 0 aliphatic rings. The van der Waals surface area contributed by atoms with Crippen LogP contribution < -0.4 is 5.32 Å². The minimum absolute atomic E-state index is 0.208. The van der Waals surface area contributed by atoms with E-state index in [1.54, 1.807) is 0 Å². The summed E-state index contributed by atoms with van der Waals surface area (Å²) in [6.07, 6.45) is 1.03. The highest BCUT2D eigenvalue weighted by atomic mass is 32.2. The third kappa shape index (κ3) is 17.0. The van der Waals surface area contributed by atoms with E-state index >= 15 is 0 Å². The largest absolute Gasteiger partial charge is 0.330 e. The van der Waals surface area contributed by atoms with E-state index in [0.29, 0.717) is 0 Å². The highest BCUT2D eigenvalue weighted by Crippen LogP contribution is 1.99. The molecular weight excluding hydrogens is 189 g/mol.